The number of carbonyl (C=O) groups excluding carboxylic acids is 2. The summed E-state index contributed by atoms with van der Waals surface area (Å²) in [7, 11) is 0. The zero-order valence-electron chi connectivity index (χ0n) is 15.4. The van der Waals surface area contributed by atoms with Crippen LogP contribution in [0.25, 0.3) is 0 Å². The lowest BCUT2D eigenvalue weighted by Crippen LogP contribution is -2.50. The summed E-state index contributed by atoms with van der Waals surface area (Å²) >= 11 is 5.89. The quantitative estimate of drug-likeness (QED) is 0.763. The summed E-state index contributed by atoms with van der Waals surface area (Å²) in [4.78, 5) is 28.6. The lowest BCUT2D eigenvalue weighted by Gasteiger charge is -2.35. The minimum absolute atomic E-state index is 0.154. The van der Waals surface area contributed by atoms with Gasteiger partial charge in [0.2, 0.25) is 11.8 Å². The number of nitrogens with zero attached hydrogens (tertiary/aromatic N) is 2. The minimum Gasteiger partial charge on any atom is -0.339 e. The van der Waals surface area contributed by atoms with Gasteiger partial charge in [-0.25, -0.2) is 0 Å². The predicted molar refractivity (Wildman–Crippen MR) is 108 cm³/mol. The average molecular weight is 385 g/mol. The molecule has 2 aromatic carbocycles. The van der Waals surface area contributed by atoms with Crippen molar-refractivity contribution in [2.75, 3.05) is 26.2 Å². The van der Waals surface area contributed by atoms with Crippen LogP contribution in [-0.4, -0.2) is 47.8 Å². The number of piperazine rings is 1. The summed E-state index contributed by atoms with van der Waals surface area (Å²) in [6.07, 6.45) is 2.49. The Labute approximate surface area is 165 Å². The maximum Gasteiger partial charge on any atom is 0.223 e. The number of halogens is 1. The van der Waals surface area contributed by atoms with Crippen molar-refractivity contribution in [1.82, 2.24) is 9.80 Å². The van der Waals surface area contributed by atoms with Gasteiger partial charge in [-0.2, -0.15) is 0 Å². The largest absolute Gasteiger partial charge is 0.339 e. The molecule has 27 heavy (non-hydrogen) atoms. The summed E-state index contributed by atoms with van der Waals surface area (Å²) in [5, 5.41) is 0.707. The number of hydrogen-bond acceptors (Lipinski definition) is 2. The normalized spacial score (nSPS) is 14.3. The summed E-state index contributed by atoms with van der Waals surface area (Å²) < 4.78 is 0. The van der Waals surface area contributed by atoms with E-state index in [-0.39, 0.29) is 11.8 Å². The predicted octanol–water partition coefficient (Wildman–Crippen LogP) is 3.58. The Bertz CT molecular complexity index is 754. The first-order chi connectivity index (χ1) is 13.1. The molecule has 2 amide bonds. The van der Waals surface area contributed by atoms with Crippen LogP contribution in [0.15, 0.2) is 54.6 Å². The topological polar surface area (TPSA) is 40.6 Å². The zero-order valence-corrected chi connectivity index (χ0v) is 16.2. The van der Waals surface area contributed by atoms with Crippen LogP contribution in [-0.2, 0) is 22.4 Å². The van der Waals surface area contributed by atoms with E-state index in [4.69, 9.17) is 11.6 Å². The first-order valence-corrected chi connectivity index (χ1v) is 9.83. The summed E-state index contributed by atoms with van der Waals surface area (Å²) in [6, 6.07) is 17.7. The Hall–Kier alpha value is -2.33. The molecule has 1 fully saturated rings. The maximum absolute atomic E-state index is 12.4. The van der Waals surface area contributed by atoms with E-state index in [9.17, 15) is 9.59 Å². The summed E-state index contributed by atoms with van der Waals surface area (Å²) in [5.74, 6) is 0.327. The molecule has 1 aliphatic heterocycles. The molecule has 1 saturated heterocycles. The number of benzene rings is 2. The van der Waals surface area contributed by atoms with Gasteiger partial charge in [-0.3, -0.25) is 9.59 Å². The molecule has 0 saturated carbocycles. The van der Waals surface area contributed by atoms with Gasteiger partial charge in [-0.15, -0.1) is 0 Å². The second-order valence-corrected chi connectivity index (χ2v) is 7.31. The van der Waals surface area contributed by atoms with Gasteiger partial charge in [0.25, 0.3) is 0 Å². The van der Waals surface area contributed by atoms with Crippen molar-refractivity contribution in [3.8, 4) is 0 Å². The Balaban J connectivity index is 1.39. The monoisotopic (exact) mass is 384 g/mol. The molecule has 2 aromatic rings. The minimum atomic E-state index is 0.154. The maximum atomic E-state index is 12.4. The lowest BCUT2D eigenvalue weighted by atomic mass is 10.1. The standard InChI is InChI=1S/C22H25ClN2O2/c23-20-10-6-19(7-11-20)9-13-22(27)25-16-14-24(15-17-25)21(26)12-8-18-4-2-1-3-5-18/h1-7,10-11H,8-9,12-17H2. The van der Waals surface area contributed by atoms with Crippen LogP contribution >= 0.6 is 11.6 Å². The molecule has 4 nitrogen and oxygen atoms in total. The van der Waals surface area contributed by atoms with Crippen LogP contribution in [0, 0.1) is 0 Å². The Kier molecular flexibility index (Phi) is 6.88. The van der Waals surface area contributed by atoms with E-state index in [1.807, 2.05) is 64.4 Å². The third-order valence-electron chi connectivity index (χ3n) is 5.00. The van der Waals surface area contributed by atoms with Crippen molar-refractivity contribution < 1.29 is 9.59 Å². The first-order valence-electron chi connectivity index (χ1n) is 9.46. The van der Waals surface area contributed by atoms with Crippen molar-refractivity contribution in [1.29, 1.82) is 0 Å². The highest BCUT2D eigenvalue weighted by Gasteiger charge is 2.23. The molecule has 0 unspecified atom stereocenters. The lowest BCUT2D eigenvalue weighted by molar-refractivity contribution is -0.139. The van der Waals surface area contributed by atoms with Gasteiger partial charge in [-0.1, -0.05) is 54.1 Å². The Morgan fingerprint density at radius 1 is 0.704 bits per heavy atom. The fraction of sp³-hybridized carbons (Fsp3) is 0.364. The van der Waals surface area contributed by atoms with Crippen LogP contribution < -0.4 is 0 Å². The molecule has 1 aliphatic rings. The van der Waals surface area contributed by atoms with Crippen molar-refractivity contribution >= 4 is 23.4 Å². The van der Waals surface area contributed by atoms with Gasteiger partial charge < -0.3 is 9.80 Å². The number of hydrogen-bond donors (Lipinski definition) is 0. The Morgan fingerprint density at radius 2 is 1.15 bits per heavy atom. The number of carbonyl (C=O) groups is 2. The van der Waals surface area contributed by atoms with Crippen LogP contribution in [0.2, 0.25) is 5.02 Å². The van der Waals surface area contributed by atoms with Gasteiger partial charge in [0.15, 0.2) is 0 Å². The number of aryl methyl sites for hydroxylation is 2. The molecule has 142 valence electrons. The van der Waals surface area contributed by atoms with Gasteiger partial charge in [0.1, 0.15) is 0 Å². The average Bonchev–Trinajstić information content (AvgIpc) is 2.72. The summed E-state index contributed by atoms with van der Waals surface area (Å²) in [6.45, 7) is 2.49. The van der Waals surface area contributed by atoms with Gasteiger partial charge in [0.05, 0.1) is 0 Å². The molecule has 3 rings (SSSR count). The highest BCUT2D eigenvalue weighted by Crippen LogP contribution is 2.13. The van der Waals surface area contributed by atoms with Gasteiger partial charge in [-0.05, 0) is 36.1 Å². The van der Waals surface area contributed by atoms with Gasteiger partial charge >= 0.3 is 0 Å². The molecular formula is C22H25ClN2O2. The van der Waals surface area contributed by atoms with Gasteiger partial charge in [0, 0.05) is 44.0 Å². The first kappa shape index (κ1) is 19.4. The highest BCUT2D eigenvalue weighted by molar-refractivity contribution is 6.30. The Morgan fingerprint density at radius 3 is 1.63 bits per heavy atom. The van der Waals surface area contributed by atoms with Crippen molar-refractivity contribution in [2.45, 2.75) is 25.7 Å². The van der Waals surface area contributed by atoms with Crippen LogP contribution in [0.5, 0.6) is 0 Å². The van der Waals surface area contributed by atoms with E-state index in [1.54, 1.807) is 0 Å². The molecular weight excluding hydrogens is 360 g/mol. The molecule has 5 heteroatoms. The molecule has 0 aliphatic carbocycles. The van der Waals surface area contributed by atoms with E-state index < -0.39 is 0 Å². The highest BCUT2D eigenvalue weighted by atomic mass is 35.5. The van der Waals surface area contributed by atoms with Crippen molar-refractivity contribution in [3.05, 3.63) is 70.7 Å². The molecule has 0 spiro atoms. The number of amides is 2. The second-order valence-electron chi connectivity index (χ2n) is 6.87. The van der Waals surface area contributed by atoms with Crippen LogP contribution in [0.1, 0.15) is 24.0 Å². The molecule has 0 aromatic heterocycles. The fourth-order valence-corrected chi connectivity index (χ4v) is 3.45. The van der Waals surface area contributed by atoms with Crippen molar-refractivity contribution in [3.63, 3.8) is 0 Å². The third-order valence-corrected chi connectivity index (χ3v) is 5.25. The van der Waals surface area contributed by atoms with E-state index in [1.165, 1.54) is 5.56 Å². The molecule has 0 atom stereocenters. The SMILES string of the molecule is O=C(CCc1ccccc1)N1CCN(C(=O)CCc2ccc(Cl)cc2)CC1. The molecule has 0 N–H and O–H groups in total. The molecule has 0 bridgehead atoms. The van der Waals surface area contributed by atoms with E-state index >= 15 is 0 Å². The second kappa shape index (κ2) is 9.56. The molecule has 1 heterocycles. The third kappa shape index (κ3) is 5.83. The van der Waals surface area contributed by atoms with E-state index in [2.05, 4.69) is 0 Å². The molecule has 0 radical (unpaired) electrons. The van der Waals surface area contributed by atoms with Crippen LogP contribution in [0.3, 0.4) is 0 Å². The van der Waals surface area contributed by atoms with E-state index in [0.29, 0.717) is 50.5 Å². The smallest absolute Gasteiger partial charge is 0.223 e. The van der Waals surface area contributed by atoms with E-state index in [0.717, 1.165) is 12.0 Å². The number of rotatable bonds is 6. The van der Waals surface area contributed by atoms with Crippen LogP contribution in [0.4, 0.5) is 0 Å². The zero-order chi connectivity index (χ0) is 19.1. The fourth-order valence-electron chi connectivity index (χ4n) is 3.32. The summed E-state index contributed by atoms with van der Waals surface area (Å²) in [5.41, 5.74) is 2.30. The van der Waals surface area contributed by atoms with Crippen molar-refractivity contribution in [2.24, 2.45) is 0 Å².